The van der Waals surface area contributed by atoms with E-state index in [9.17, 15) is 15.3 Å². The van der Waals surface area contributed by atoms with Crippen LogP contribution in [0.25, 0.3) is 5.65 Å². The molecule has 0 amide bonds. The van der Waals surface area contributed by atoms with Gasteiger partial charge in [-0.25, -0.2) is 9.50 Å². The van der Waals surface area contributed by atoms with E-state index in [0.717, 1.165) is 42.1 Å². The van der Waals surface area contributed by atoms with E-state index in [0.29, 0.717) is 30.6 Å². The molecule has 1 aromatic carbocycles. The lowest BCUT2D eigenvalue weighted by atomic mass is 9.98. The summed E-state index contributed by atoms with van der Waals surface area (Å²) in [4.78, 5) is 6.57. The molecule has 1 fully saturated rings. The van der Waals surface area contributed by atoms with Gasteiger partial charge >= 0.3 is 0 Å². The number of benzene rings is 1. The summed E-state index contributed by atoms with van der Waals surface area (Å²) in [6.45, 7) is 5.17. The lowest BCUT2D eigenvalue weighted by Gasteiger charge is -2.28. The number of nitrogens with one attached hydrogen (secondary N) is 1. The highest BCUT2D eigenvalue weighted by molar-refractivity contribution is 5.75. The third kappa shape index (κ3) is 4.23. The van der Waals surface area contributed by atoms with Crippen LogP contribution < -0.4 is 15.0 Å². The van der Waals surface area contributed by atoms with Crippen LogP contribution in [-0.4, -0.2) is 60.8 Å². The molecule has 9 nitrogen and oxygen atoms in total. The monoisotopic (exact) mass is 453 g/mol. The topological polar surface area (TPSA) is 115 Å². The first-order valence-electron chi connectivity index (χ1n) is 11.4. The minimum absolute atomic E-state index is 0.0803. The van der Waals surface area contributed by atoms with Crippen LogP contribution in [0.5, 0.6) is 5.75 Å². The van der Waals surface area contributed by atoms with E-state index in [1.807, 2.05) is 26.0 Å². The number of anilines is 2. The molecule has 176 valence electrons. The van der Waals surface area contributed by atoms with Crippen molar-refractivity contribution in [2.45, 2.75) is 57.0 Å². The molecule has 2 aliphatic heterocycles. The van der Waals surface area contributed by atoms with Crippen LogP contribution in [0, 0.1) is 0 Å². The van der Waals surface area contributed by atoms with Crippen LogP contribution in [0.1, 0.15) is 50.5 Å². The van der Waals surface area contributed by atoms with Crippen molar-refractivity contribution < 1.29 is 20.1 Å². The third-order valence-corrected chi connectivity index (χ3v) is 6.73. The average Bonchev–Trinajstić information content (AvgIpc) is 3.30. The molecule has 0 radical (unpaired) electrons. The molecular weight excluding hydrogens is 422 g/mol. The first kappa shape index (κ1) is 21.9. The zero-order valence-electron chi connectivity index (χ0n) is 19.0. The van der Waals surface area contributed by atoms with Gasteiger partial charge in [0.15, 0.2) is 11.9 Å². The molecule has 3 aromatic rings. The molecule has 9 heteroatoms. The van der Waals surface area contributed by atoms with Gasteiger partial charge in [0.2, 0.25) is 0 Å². The number of aromatic nitrogens is 3. The fraction of sp³-hybridized carbons (Fsp3) is 0.500. The van der Waals surface area contributed by atoms with Crippen molar-refractivity contribution in [1.29, 1.82) is 0 Å². The Bertz CT molecular complexity index is 1160. The van der Waals surface area contributed by atoms with Gasteiger partial charge in [-0.15, -0.1) is 0 Å². The number of hydrogen-bond acceptors (Lipinski definition) is 8. The first-order chi connectivity index (χ1) is 15.8. The lowest BCUT2D eigenvalue weighted by Crippen LogP contribution is -2.34. The Balaban J connectivity index is 1.50. The number of aliphatic hydroxyl groups is 3. The van der Waals surface area contributed by atoms with Gasteiger partial charge in [0.1, 0.15) is 11.4 Å². The predicted molar refractivity (Wildman–Crippen MR) is 125 cm³/mol. The summed E-state index contributed by atoms with van der Waals surface area (Å²) in [7, 11) is 0. The second-order valence-corrected chi connectivity index (χ2v) is 9.74. The molecule has 33 heavy (non-hydrogen) atoms. The fourth-order valence-electron chi connectivity index (χ4n) is 4.78. The predicted octanol–water partition coefficient (Wildman–Crippen LogP) is 2.26. The zero-order valence-corrected chi connectivity index (χ0v) is 19.0. The van der Waals surface area contributed by atoms with Crippen molar-refractivity contribution in [3.05, 3.63) is 47.9 Å². The Morgan fingerprint density at radius 1 is 1.24 bits per heavy atom. The minimum Gasteiger partial charge on any atom is -0.484 e. The fourth-order valence-corrected chi connectivity index (χ4v) is 4.78. The lowest BCUT2D eigenvalue weighted by molar-refractivity contribution is 0.0447. The maximum absolute atomic E-state index is 11.1. The number of ether oxygens (including phenoxy) is 1. The highest BCUT2D eigenvalue weighted by Gasteiger charge is 2.36. The molecule has 1 unspecified atom stereocenters. The van der Waals surface area contributed by atoms with Crippen molar-refractivity contribution in [1.82, 2.24) is 14.6 Å². The minimum atomic E-state index is -1.02. The van der Waals surface area contributed by atoms with E-state index in [1.54, 1.807) is 29.2 Å². The Morgan fingerprint density at radius 3 is 2.91 bits per heavy atom. The summed E-state index contributed by atoms with van der Waals surface area (Å²) in [6.07, 6.45) is 6.89. The maximum Gasteiger partial charge on any atom is 0.162 e. The van der Waals surface area contributed by atoms with Crippen LogP contribution in [0.3, 0.4) is 0 Å². The van der Waals surface area contributed by atoms with Crippen LogP contribution in [0.4, 0.5) is 11.4 Å². The van der Waals surface area contributed by atoms with Gasteiger partial charge in [0, 0.05) is 43.5 Å². The van der Waals surface area contributed by atoms with E-state index in [-0.39, 0.29) is 6.61 Å². The molecule has 0 saturated carbocycles. The number of fused-ring (bicyclic) bond motifs is 2. The molecule has 3 atom stereocenters. The highest BCUT2D eigenvalue weighted by atomic mass is 16.5. The smallest absolute Gasteiger partial charge is 0.162 e. The Kier molecular flexibility index (Phi) is 5.43. The first-order valence-corrected chi connectivity index (χ1v) is 11.4. The Hall–Kier alpha value is -2.88. The normalized spacial score (nSPS) is 26.0. The molecular formula is C24H31N5O4. The van der Waals surface area contributed by atoms with Crippen LogP contribution in [0.2, 0.25) is 0 Å². The van der Waals surface area contributed by atoms with E-state index >= 15 is 0 Å². The molecule has 0 spiro atoms. The molecule has 4 N–H and O–H groups in total. The number of aliphatic hydroxyl groups excluding tert-OH is 2. The van der Waals surface area contributed by atoms with E-state index in [4.69, 9.17) is 4.74 Å². The summed E-state index contributed by atoms with van der Waals surface area (Å²) < 4.78 is 7.72. The molecule has 2 aromatic heterocycles. The van der Waals surface area contributed by atoms with E-state index < -0.39 is 17.4 Å². The van der Waals surface area contributed by atoms with Gasteiger partial charge in [-0.1, -0.05) is 0 Å². The molecule has 0 aliphatic carbocycles. The van der Waals surface area contributed by atoms with Gasteiger partial charge in [-0.05, 0) is 45.2 Å². The van der Waals surface area contributed by atoms with Gasteiger partial charge in [-0.3, -0.25) is 0 Å². The van der Waals surface area contributed by atoms with Crippen molar-refractivity contribution in [3.8, 4) is 5.75 Å². The quantitative estimate of drug-likeness (QED) is 0.435. The summed E-state index contributed by atoms with van der Waals surface area (Å²) >= 11 is 0. The van der Waals surface area contributed by atoms with Crippen LogP contribution in [-0.2, 0) is 6.42 Å². The molecule has 2 aliphatic rings. The van der Waals surface area contributed by atoms with Gasteiger partial charge < -0.3 is 30.3 Å². The molecule has 5 rings (SSSR count). The molecule has 0 bridgehead atoms. The molecule has 4 heterocycles. The van der Waals surface area contributed by atoms with Gasteiger partial charge in [0.25, 0.3) is 0 Å². The number of hydrogen-bond donors (Lipinski definition) is 4. The number of nitrogens with zero attached hydrogens (tertiary/aromatic N) is 4. The third-order valence-electron chi connectivity index (χ3n) is 6.73. The van der Waals surface area contributed by atoms with Crippen LogP contribution in [0.15, 0.2) is 36.8 Å². The van der Waals surface area contributed by atoms with Crippen molar-refractivity contribution in [2.24, 2.45) is 0 Å². The Labute approximate surface area is 192 Å². The maximum atomic E-state index is 11.1. The van der Waals surface area contributed by atoms with Crippen molar-refractivity contribution >= 4 is 17.0 Å². The summed E-state index contributed by atoms with van der Waals surface area (Å²) in [5.74, 6) is 0.746. The average molecular weight is 454 g/mol. The molecule has 1 saturated heterocycles. The second-order valence-electron chi connectivity index (χ2n) is 9.74. The highest BCUT2D eigenvalue weighted by Crippen LogP contribution is 2.43. The zero-order chi connectivity index (χ0) is 23.2. The second kappa shape index (κ2) is 8.16. The summed E-state index contributed by atoms with van der Waals surface area (Å²) in [5.41, 5.74) is 2.46. The van der Waals surface area contributed by atoms with Crippen molar-refractivity contribution in [2.75, 3.05) is 29.9 Å². The van der Waals surface area contributed by atoms with E-state index in [2.05, 4.69) is 20.3 Å². The largest absolute Gasteiger partial charge is 0.484 e. The van der Waals surface area contributed by atoms with Gasteiger partial charge in [0.05, 0.1) is 35.3 Å². The van der Waals surface area contributed by atoms with E-state index in [1.165, 1.54) is 0 Å². The SMILES string of the molecule is C[C@]1(O)CCCN(c2cc3c(cc2NC(O)c2cnn4cccnc24)C[C@@](C)(CO)O3)CC1. The summed E-state index contributed by atoms with van der Waals surface area (Å²) in [5, 5.41) is 39.0. The van der Waals surface area contributed by atoms with Crippen molar-refractivity contribution in [3.63, 3.8) is 0 Å². The summed E-state index contributed by atoms with van der Waals surface area (Å²) in [6, 6.07) is 5.77. The standard InChI is InChI=1S/C24H31N5O4/c1-23(32)5-3-8-28(10-6-23)19-12-20-16(13-24(2,15-30)33-20)11-18(19)27-22(31)17-14-26-29-9-4-7-25-21(17)29/h4,7,9,11-12,14,22,27,30-32H,3,5-6,8,10,13,15H2,1-2H3/t22?,23-,24-/m0/s1. The number of rotatable bonds is 5. The van der Waals surface area contributed by atoms with Gasteiger partial charge in [-0.2, -0.15) is 5.10 Å². The van der Waals surface area contributed by atoms with Crippen LogP contribution >= 0.6 is 0 Å². The Morgan fingerprint density at radius 2 is 2.09 bits per heavy atom.